The highest BCUT2D eigenvalue weighted by atomic mass is 16.6. The van der Waals surface area contributed by atoms with E-state index in [0.717, 1.165) is 0 Å². The molecule has 0 saturated heterocycles. The van der Waals surface area contributed by atoms with E-state index in [1.54, 1.807) is 60.7 Å². The predicted octanol–water partition coefficient (Wildman–Crippen LogP) is 4.33. The van der Waals surface area contributed by atoms with Crippen LogP contribution in [0.2, 0.25) is 0 Å². The van der Waals surface area contributed by atoms with Crippen LogP contribution in [0.15, 0.2) is 86.0 Å². The fourth-order valence-corrected chi connectivity index (χ4v) is 3.32. The van der Waals surface area contributed by atoms with Gasteiger partial charge in [-0.15, -0.1) is 6.58 Å². The molecule has 10 heteroatoms. The first-order valence-electron chi connectivity index (χ1n) is 11.9. The second kappa shape index (κ2) is 21.1. The Hall–Kier alpha value is -4.73. The van der Waals surface area contributed by atoms with Crippen molar-refractivity contribution < 1.29 is 47.7 Å². The molecule has 0 aliphatic carbocycles. The van der Waals surface area contributed by atoms with Crippen molar-refractivity contribution in [1.29, 1.82) is 0 Å². The van der Waals surface area contributed by atoms with E-state index in [2.05, 4.69) is 27.4 Å². The van der Waals surface area contributed by atoms with Crippen LogP contribution in [0.3, 0.4) is 0 Å². The molecule has 0 aliphatic heterocycles. The number of methoxy groups -OCH3 is 4. The third kappa shape index (κ3) is 11.9. The lowest BCUT2D eigenvalue weighted by Crippen LogP contribution is -2.45. The van der Waals surface area contributed by atoms with E-state index in [0.29, 0.717) is 17.7 Å². The minimum Gasteiger partial charge on any atom is -0.468 e. The molecular weight excluding hydrogens is 532 g/mol. The lowest BCUT2D eigenvalue weighted by molar-refractivity contribution is -0.162. The number of rotatable bonds is 10. The summed E-state index contributed by atoms with van der Waals surface area (Å²) in [6.45, 7) is 8.62. The second-order valence-electron chi connectivity index (χ2n) is 7.73. The zero-order chi connectivity index (χ0) is 30.6. The van der Waals surface area contributed by atoms with Crippen molar-refractivity contribution in [2.75, 3.05) is 35.0 Å². The lowest BCUT2D eigenvalue weighted by Gasteiger charge is -2.27. The molecule has 0 N–H and O–H groups in total. The Balaban J connectivity index is 0. The van der Waals surface area contributed by atoms with E-state index in [4.69, 9.17) is 9.47 Å². The Morgan fingerprint density at radius 2 is 1.17 bits per heavy atom. The first-order chi connectivity index (χ1) is 19.1. The highest BCUT2D eigenvalue weighted by Gasteiger charge is 2.49. The van der Waals surface area contributed by atoms with E-state index in [1.165, 1.54) is 47.5 Å². The van der Waals surface area contributed by atoms with Gasteiger partial charge in [-0.1, -0.05) is 86.8 Å². The van der Waals surface area contributed by atoms with Crippen LogP contribution in [0, 0.1) is 0 Å². The SMILES string of the molecule is C.C=CCC(C(=O)OC)(C(=O)OC)c1ccccc1.C=CCOC(C)=O.COC(=O)C(C(=O)OC)c1ccccc1. The fraction of sp³-hybridized carbons (Fsp3) is 0.323. The lowest BCUT2D eigenvalue weighted by atomic mass is 9.77. The maximum Gasteiger partial charge on any atom is 0.328 e. The molecule has 224 valence electrons. The summed E-state index contributed by atoms with van der Waals surface area (Å²) in [7, 11) is 4.96. The van der Waals surface area contributed by atoms with Gasteiger partial charge in [0.1, 0.15) is 6.61 Å². The third-order valence-electron chi connectivity index (χ3n) is 5.20. The molecule has 2 aromatic rings. The third-order valence-corrected chi connectivity index (χ3v) is 5.20. The van der Waals surface area contributed by atoms with Crippen LogP contribution < -0.4 is 0 Å². The first kappa shape index (κ1) is 38.4. The summed E-state index contributed by atoms with van der Waals surface area (Å²) in [6, 6.07) is 17.3. The normalized spacial score (nSPS) is 9.51. The summed E-state index contributed by atoms with van der Waals surface area (Å²) >= 11 is 0. The molecule has 2 rings (SSSR count). The summed E-state index contributed by atoms with van der Waals surface area (Å²) in [5.41, 5.74) is -0.383. The molecule has 0 heterocycles. The van der Waals surface area contributed by atoms with Gasteiger partial charge in [0.15, 0.2) is 11.3 Å². The number of carbonyl (C=O) groups excluding carboxylic acids is 5. The number of hydrogen-bond donors (Lipinski definition) is 0. The Morgan fingerprint density at radius 3 is 1.49 bits per heavy atom. The van der Waals surface area contributed by atoms with Crippen LogP contribution in [0.5, 0.6) is 0 Å². The van der Waals surface area contributed by atoms with Gasteiger partial charge < -0.3 is 23.7 Å². The minimum atomic E-state index is -1.48. The van der Waals surface area contributed by atoms with Crippen LogP contribution in [-0.2, 0) is 53.1 Å². The van der Waals surface area contributed by atoms with Crippen LogP contribution in [0.1, 0.15) is 37.8 Å². The Bertz CT molecular complexity index is 1080. The molecular formula is C31H40O10. The molecule has 41 heavy (non-hydrogen) atoms. The first-order valence-corrected chi connectivity index (χ1v) is 11.9. The molecule has 0 bridgehead atoms. The molecule has 0 amide bonds. The van der Waals surface area contributed by atoms with Crippen molar-refractivity contribution >= 4 is 29.8 Å². The van der Waals surface area contributed by atoms with Crippen LogP contribution in [0.25, 0.3) is 0 Å². The average molecular weight is 573 g/mol. The van der Waals surface area contributed by atoms with Gasteiger partial charge in [0.25, 0.3) is 0 Å². The number of esters is 5. The molecule has 0 unspecified atom stereocenters. The number of ether oxygens (including phenoxy) is 5. The molecule has 0 aliphatic rings. The van der Waals surface area contributed by atoms with Gasteiger partial charge in [-0.2, -0.15) is 0 Å². The zero-order valence-electron chi connectivity index (χ0n) is 23.4. The van der Waals surface area contributed by atoms with Gasteiger partial charge in [-0.3, -0.25) is 24.0 Å². The standard InChI is InChI=1S/C14H16O4.C11H12O4.C5H8O2.CH4/c1-4-10-14(12(15)17-2,13(16)18-3)11-8-6-5-7-9-11;1-14-10(12)9(11(13)15-2)8-6-4-3-5-7-8;1-3-4-7-5(2)6;/h4-9H,1,10H2,2-3H3;3-7,9H,1-2H3;3H,1,4H2,2H3;1H4. The van der Waals surface area contributed by atoms with Crippen LogP contribution in [0.4, 0.5) is 0 Å². The molecule has 10 nitrogen and oxygen atoms in total. The number of hydrogen-bond acceptors (Lipinski definition) is 10. The number of carbonyl (C=O) groups is 5. The second-order valence-corrected chi connectivity index (χ2v) is 7.73. The largest absolute Gasteiger partial charge is 0.468 e. The molecule has 0 spiro atoms. The van der Waals surface area contributed by atoms with Crippen LogP contribution in [-0.4, -0.2) is 64.9 Å². The van der Waals surface area contributed by atoms with Crippen molar-refractivity contribution in [3.8, 4) is 0 Å². The van der Waals surface area contributed by atoms with Crippen LogP contribution >= 0.6 is 0 Å². The summed E-state index contributed by atoms with van der Waals surface area (Å²) in [6.07, 6.45) is 3.15. The Kier molecular flexibility index (Phi) is 19.8. The smallest absolute Gasteiger partial charge is 0.328 e. The van der Waals surface area contributed by atoms with E-state index in [9.17, 15) is 24.0 Å². The number of benzene rings is 2. The molecule has 0 aromatic heterocycles. The zero-order valence-corrected chi connectivity index (χ0v) is 23.4. The maximum atomic E-state index is 12.1. The van der Waals surface area contributed by atoms with E-state index in [1.807, 2.05) is 0 Å². The highest BCUT2D eigenvalue weighted by Crippen LogP contribution is 2.31. The predicted molar refractivity (Wildman–Crippen MR) is 154 cm³/mol. The summed E-state index contributed by atoms with van der Waals surface area (Å²) in [5, 5.41) is 0. The van der Waals surface area contributed by atoms with Crippen molar-refractivity contribution in [1.82, 2.24) is 0 Å². The van der Waals surface area contributed by atoms with Crippen molar-refractivity contribution in [2.24, 2.45) is 0 Å². The average Bonchev–Trinajstić information content (AvgIpc) is 2.99. The minimum absolute atomic E-state index is 0. The van der Waals surface area contributed by atoms with Gasteiger partial charge in [0, 0.05) is 6.92 Å². The molecule has 2 aromatic carbocycles. The van der Waals surface area contributed by atoms with E-state index < -0.39 is 35.2 Å². The Morgan fingerprint density at radius 1 is 0.732 bits per heavy atom. The van der Waals surface area contributed by atoms with Gasteiger partial charge >= 0.3 is 29.8 Å². The maximum absolute atomic E-state index is 12.1. The highest BCUT2D eigenvalue weighted by molar-refractivity contribution is 6.06. The van der Waals surface area contributed by atoms with Gasteiger partial charge in [-0.25, -0.2) is 0 Å². The van der Waals surface area contributed by atoms with E-state index in [-0.39, 0.29) is 19.8 Å². The van der Waals surface area contributed by atoms with Crippen molar-refractivity contribution in [3.05, 3.63) is 97.1 Å². The van der Waals surface area contributed by atoms with Gasteiger partial charge in [-0.05, 0) is 17.5 Å². The molecule has 0 fully saturated rings. The van der Waals surface area contributed by atoms with Crippen molar-refractivity contribution in [2.45, 2.75) is 32.1 Å². The van der Waals surface area contributed by atoms with E-state index >= 15 is 0 Å². The molecule has 0 saturated carbocycles. The quantitative estimate of drug-likeness (QED) is 0.175. The summed E-state index contributed by atoms with van der Waals surface area (Å²) < 4.78 is 23.1. The Labute approximate surface area is 241 Å². The fourth-order valence-electron chi connectivity index (χ4n) is 3.32. The summed E-state index contributed by atoms with van der Waals surface area (Å²) in [5.74, 6) is -3.80. The van der Waals surface area contributed by atoms with Gasteiger partial charge in [0.05, 0.1) is 28.4 Å². The van der Waals surface area contributed by atoms with Gasteiger partial charge in [0.2, 0.25) is 0 Å². The monoisotopic (exact) mass is 572 g/mol. The topological polar surface area (TPSA) is 132 Å². The molecule has 0 radical (unpaired) electrons. The summed E-state index contributed by atoms with van der Waals surface area (Å²) in [4.78, 5) is 56.8. The van der Waals surface area contributed by atoms with Crippen molar-refractivity contribution in [3.63, 3.8) is 0 Å². The molecule has 0 atom stereocenters. The number of allylic oxidation sites excluding steroid dienone is 1.